The standard InChI is InChI=1S/C12H18F2N2O4S.ClH/c1-19-9-8-15-6-7-16-21(17,18)11-5-3-2-4-10(11)20-12(13)14;/h2-5,12,15-16H,6-9H2,1H3;1H. The predicted molar refractivity (Wildman–Crippen MR) is 80.3 cm³/mol. The van der Waals surface area contributed by atoms with Gasteiger partial charge in [-0.15, -0.1) is 12.4 Å². The second kappa shape index (κ2) is 10.7. The van der Waals surface area contributed by atoms with Gasteiger partial charge in [0.05, 0.1) is 6.61 Å². The van der Waals surface area contributed by atoms with E-state index in [0.29, 0.717) is 19.7 Å². The monoisotopic (exact) mass is 360 g/mol. The summed E-state index contributed by atoms with van der Waals surface area (Å²) in [5, 5.41) is 2.95. The third-order valence-corrected chi connectivity index (χ3v) is 3.93. The lowest BCUT2D eigenvalue weighted by atomic mass is 10.3. The maximum Gasteiger partial charge on any atom is 0.387 e. The molecule has 0 aliphatic rings. The molecule has 0 radical (unpaired) electrons. The van der Waals surface area contributed by atoms with E-state index >= 15 is 0 Å². The Kier molecular flexibility index (Phi) is 10.2. The van der Waals surface area contributed by atoms with E-state index in [2.05, 4.69) is 14.8 Å². The molecule has 0 heterocycles. The van der Waals surface area contributed by atoms with E-state index in [1.807, 2.05) is 0 Å². The van der Waals surface area contributed by atoms with Crippen molar-refractivity contribution in [2.24, 2.45) is 0 Å². The van der Waals surface area contributed by atoms with Gasteiger partial charge in [-0.1, -0.05) is 12.1 Å². The van der Waals surface area contributed by atoms with Crippen molar-refractivity contribution in [2.75, 3.05) is 33.4 Å². The molecule has 0 aromatic heterocycles. The van der Waals surface area contributed by atoms with Crippen molar-refractivity contribution >= 4 is 22.4 Å². The van der Waals surface area contributed by atoms with E-state index in [9.17, 15) is 17.2 Å². The average Bonchev–Trinajstić information content (AvgIpc) is 2.42. The van der Waals surface area contributed by atoms with Gasteiger partial charge in [-0.2, -0.15) is 8.78 Å². The van der Waals surface area contributed by atoms with Crippen LogP contribution in [0.5, 0.6) is 5.75 Å². The number of para-hydroxylation sites is 1. The van der Waals surface area contributed by atoms with E-state index in [4.69, 9.17) is 4.74 Å². The van der Waals surface area contributed by atoms with Crippen LogP contribution in [0.3, 0.4) is 0 Å². The first-order valence-electron chi connectivity index (χ1n) is 6.20. The smallest absolute Gasteiger partial charge is 0.387 e. The summed E-state index contributed by atoms with van der Waals surface area (Å²) in [7, 11) is -2.35. The Labute approximate surface area is 134 Å². The molecule has 22 heavy (non-hydrogen) atoms. The highest BCUT2D eigenvalue weighted by Gasteiger charge is 2.20. The largest absolute Gasteiger partial charge is 0.433 e. The summed E-state index contributed by atoms with van der Waals surface area (Å²) in [5.74, 6) is -0.382. The Balaban J connectivity index is 0.00000441. The molecule has 0 saturated carbocycles. The number of hydrogen-bond acceptors (Lipinski definition) is 5. The number of sulfonamides is 1. The summed E-state index contributed by atoms with van der Waals surface area (Å²) in [5.41, 5.74) is 0. The van der Waals surface area contributed by atoms with Crippen molar-refractivity contribution in [3.63, 3.8) is 0 Å². The molecule has 0 atom stereocenters. The van der Waals surface area contributed by atoms with Gasteiger partial charge in [0.2, 0.25) is 10.0 Å². The van der Waals surface area contributed by atoms with Crippen LogP contribution in [0.25, 0.3) is 0 Å². The summed E-state index contributed by atoms with van der Waals surface area (Å²) in [4.78, 5) is -0.317. The minimum atomic E-state index is -3.91. The Morgan fingerprint density at radius 1 is 1.18 bits per heavy atom. The summed E-state index contributed by atoms with van der Waals surface area (Å²) in [6.07, 6.45) is 0. The second-order valence-corrected chi connectivity index (χ2v) is 5.70. The third kappa shape index (κ3) is 7.32. The van der Waals surface area contributed by atoms with Crippen molar-refractivity contribution in [1.29, 1.82) is 0 Å². The lowest BCUT2D eigenvalue weighted by Crippen LogP contribution is -2.33. The van der Waals surface area contributed by atoms with Gasteiger partial charge in [-0.25, -0.2) is 13.1 Å². The van der Waals surface area contributed by atoms with Crippen molar-refractivity contribution < 1.29 is 26.7 Å². The number of alkyl halides is 2. The summed E-state index contributed by atoms with van der Waals surface area (Å²) >= 11 is 0. The molecule has 10 heteroatoms. The molecule has 2 N–H and O–H groups in total. The second-order valence-electron chi connectivity index (χ2n) is 3.97. The van der Waals surface area contributed by atoms with Crippen LogP contribution < -0.4 is 14.8 Å². The van der Waals surface area contributed by atoms with Crippen molar-refractivity contribution in [3.8, 4) is 5.75 Å². The molecule has 0 saturated heterocycles. The first kappa shape index (κ1) is 21.0. The SMILES string of the molecule is COCCNCCNS(=O)(=O)c1ccccc1OC(F)F.Cl. The minimum Gasteiger partial charge on any atom is -0.433 e. The number of methoxy groups -OCH3 is 1. The van der Waals surface area contributed by atoms with Crippen LogP contribution in [0.1, 0.15) is 0 Å². The number of rotatable bonds is 10. The fraction of sp³-hybridized carbons (Fsp3) is 0.500. The van der Waals surface area contributed by atoms with Crippen LogP contribution in [0, 0.1) is 0 Å². The zero-order valence-electron chi connectivity index (χ0n) is 11.9. The first-order valence-corrected chi connectivity index (χ1v) is 7.69. The lowest BCUT2D eigenvalue weighted by Gasteiger charge is -2.12. The van der Waals surface area contributed by atoms with Crippen LogP contribution in [-0.4, -0.2) is 48.4 Å². The zero-order chi connectivity index (χ0) is 15.7. The summed E-state index contributed by atoms with van der Waals surface area (Å²) in [6, 6.07) is 5.24. The zero-order valence-corrected chi connectivity index (χ0v) is 13.6. The van der Waals surface area contributed by atoms with Gasteiger partial charge in [0, 0.05) is 26.7 Å². The van der Waals surface area contributed by atoms with Gasteiger partial charge in [0.15, 0.2) is 0 Å². The predicted octanol–water partition coefficient (Wildman–Crippen LogP) is 1.22. The molecular formula is C12H19ClF2N2O4S. The molecule has 0 amide bonds. The highest BCUT2D eigenvalue weighted by Crippen LogP contribution is 2.24. The molecule has 1 aromatic rings. The van der Waals surface area contributed by atoms with E-state index in [-0.39, 0.29) is 29.6 Å². The molecule has 1 rings (SSSR count). The molecule has 0 bridgehead atoms. The number of nitrogens with one attached hydrogen (secondary N) is 2. The normalized spacial score (nSPS) is 11.3. The highest BCUT2D eigenvalue weighted by molar-refractivity contribution is 7.89. The van der Waals surface area contributed by atoms with Crippen LogP contribution in [0.15, 0.2) is 29.2 Å². The van der Waals surface area contributed by atoms with Crippen molar-refractivity contribution in [2.45, 2.75) is 11.5 Å². The van der Waals surface area contributed by atoms with Gasteiger partial charge < -0.3 is 14.8 Å². The number of hydrogen-bond donors (Lipinski definition) is 2. The van der Waals surface area contributed by atoms with E-state index < -0.39 is 16.6 Å². The van der Waals surface area contributed by atoms with E-state index in [1.54, 1.807) is 7.11 Å². The summed E-state index contributed by atoms with van der Waals surface area (Å²) in [6.45, 7) is -1.48. The highest BCUT2D eigenvalue weighted by atomic mass is 35.5. The van der Waals surface area contributed by atoms with E-state index in [1.165, 1.54) is 24.3 Å². The Hall–Kier alpha value is -1.00. The van der Waals surface area contributed by atoms with Gasteiger partial charge in [0.25, 0.3) is 0 Å². The minimum absolute atomic E-state index is 0. The fourth-order valence-electron chi connectivity index (χ4n) is 1.52. The first-order chi connectivity index (χ1) is 9.97. The molecule has 128 valence electrons. The molecule has 0 aliphatic carbocycles. The van der Waals surface area contributed by atoms with Crippen LogP contribution in [-0.2, 0) is 14.8 Å². The maximum atomic E-state index is 12.3. The fourth-order valence-corrected chi connectivity index (χ4v) is 2.68. The Bertz CT molecular complexity index is 532. The molecule has 0 unspecified atom stereocenters. The van der Waals surface area contributed by atoms with Crippen molar-refractivity contribution in [1.82, 2.24) is 10.0 Å². The lowest BCUT2D eigenvalue weighted by molar-refractivity contribution is -0.0517. The van der Waals surface area contributed by atoms with Gasteiger partial charge >= 0.3 is 6.61 Å². The number of halogens is 3. The number of benzene rings is 1. The van der Waals surface area contributed by atoms with Crippen molar-refractivity contribution in [3.05, 3.63) is 24.3 Å². The number of ether oxygens (including phenoxy) is 2. The topological polar surface area (TPSA) is 76.7 Å². The Morgan fingerprint density at radius 3 is 2.50 bits per heavy atom. The molecular weight excluding hydrogens is 342 g/mol. The maximum absolute atomic E-state index is 12.3. The molecule has 0 fully saturated rings. The molecule has 1 aromatic carbocycles. The average molecular weight is 361 g/mol. The summed E-state index contributed by atoms with van der Waals surface area (Å²) < 4.78 is 59.9. The molecule has 0 spiro atoms. The van der Waals surface area contributed by atoms with E-state index in [0.717, 1.165) is 0 Å². The van der Waals surface area contributed by atoms with Gasteiger partial charge in [-0.3, -0.25) is 0 Å². The van der Waals surface area contributed by atoms with Crippen LogP contribution >= 0.6 is 12.4 Å². The third-order valence-electron chi connectivity index (χ3n) is 2.43. The van der Waals surface area contributed by atoms with Gasteiger partial charge in [0.1, 0.15) is 10.6 Å². The van der Waals surface area contributed by atoms with Crippen LogP contribution in [0.4, 0.5) is 8.78 Å². The molecule has 0 aliphatic heterocycles. The Morgan fingerprint density at radius 2 is 1.86 bits per heavy atom. The van der Waals surface area contributed by atoms with Crippen LogP contribution in [0.2, 0.25) is 0 Å². The van der Waals surface area contributed by atoms with Gasteiger partial charge in [-0.05, 0) is 12.1 Å². The quantitative estimate of drug-likeness (QED) is 0.614. The molecule has 6 nitrogen and oxygen atoms in total.